The number of hydrogen-bond acceptors (Lipinski definition) is 3. The summed E-state index contributed by atoms with van der Waals surface area (Å²) in [5, 5.41) is 2.16. The number of aromatic nitrogens is 1. The molecule has 0 radical (unpaired) electrons. The van der Waals surface area contributed by atoms with E-state index in [0.717, 1.165) is 27.2 Å². The van der Waals surface area contributed by atoms with Gasteiger partial charge in [0.2, 0.25) is 5.91 Å². The van der Waals surface area contributed by atoms with Crippen LogP contribution >= 0.6 is 0 Å². The number of carbonyl (C=O) groups excluding carboxylic acids is 2. The zero-order chi connectivity index (χ0) is 14.7. The lowest BCUT2D eigenvalue weighted by molar-refractivity contribution is -0.159. The summed E-state index contributed by atoms with van der Waals surface area (Å²) in [4.78, 5) is 29.6. The minimum Gasteiger partial charge on any atom is -0.356 e. The van der Waals surface area contributed by atoms with E-state index in [-0.39, 0.29) is 24.4 Å². The number of piperazine rings is 1. The fraction of sp³-hybridized carbons (Fsp3) is 0.333. The van der Waals surface area contributed by atoms with E-state index < -0.39 is 6.04 Å². The molecule has 6 heteroatoms. The zero-order valence-corrected chi connectivity index (χ0v) is 11.7. The summed E-state index contributed by atoms with van der Waals surface area (Å²) in [6.07, 6.45) is 0.516. The summed E-state index contributed by atoms with van der Waals surface area (Å²) < 4.78 is 0. The van der Waals surface area contributed by atoms with Crippen molar-refractivity contribution >= 4 is 22.7 Å². The smallest absolute Gasteiger partial charge is 0.260 e. The number of nitrogens with two attached hydrogens (primary N) is 1. The molecule has 1 saturated heterocycles. The summed E-state index contributed by atoms with van der Waals surface area (Å²) in [7, 11) is 0. The second kappa shape index (κ2) is 4.08. The minimum atomic E-state index is -0.488. The lowest BCUT2D eigenvalue weighted by Gasteiger charge is -2.44. The predicted molar refractivity (Wildman–Crippen MR) is 77.0 cm³/mol. The van der Waals surface area contributed by atoms with Gasteiger partial charge in [-0.25, -0.2) is 5.84 Å². The Hall–Kier alpha value is -2.34. The van der Waals surface area contributed by atoms with Gasteiger partial charge in [0.25, 0.3) is 5.91 Å². The average Bonchev–Trinajstić information content (AvgIpc) is 2.84. The number of nitrogens with one attached hydrogen (secondary N) is 1. The number of para-hydroxylation sites is 1. The molecule has 0 aliphatic carbocycles. The third-order valence-corrected chi connectivity index (χ3v) is 4.58. The summed E-state index contributed by atoms with van der Waals surface area (Å²) in [6.45, 7) is 1.91. The van der Waals surface area contributed by atoms with Gasteiger partial charge in [0.15, 0.2) is 0 Å². The molecular weight excluding hydrogens is 268 g/mol. The van der Waals surface area contributed by atoms with Crippen molar-refractivity contribution in [2.75, 3.05) is 6.54 Å². The van der Waals surface area contributed by atoms with E-state index in [9.17, 15) is 9.59 Å². The molecule has 2 atom stereocenters. The van der Waals surface area contributed by atoms with Crippen molar-refractivity contribution in [3.8, 4) is 0 Å². The first-order chi connectivity index (χ1) is 10.1. The second-order valence-corrected chi connectivity index (χ2v) is 5.73. The minimum absolute atomic E-state index is 0.0464. The maximum Gasteiger partial charge on any atom is 0.260 e. The fourth-order valence-electron chi connectivity index (χ4n) is 3.59. The number of fused-ring (bicyclic) bond motifs is 4. The fourth-order valence-corrected chi connectivity index (χ4v) is 3.59. The number of benzene rings is 1. The quantitative estimate of drug-likeness (QED) is 0.552. The summed E-state index contributed by atoms with van der Waals surface area (Å²) in [5.41, 5.74) is 3.19. The monoisotopic (exact) mass is 284 g/mol. The number of amides is 2. The van der Waals surface area contributed by atoms with Crippen LogP contribution in [0.5, 0.6) is 0 Å². The number of hydrogen-bond donors (Lipinski definition) is 2. The number of aromatic amines is 1. The van der Waals surface area contributed by atoms with Crippen LogP contribution in [0, 0.1) is 0 Å². The van der Waals surface area contributed by atoms with Gasteiger partial charge >= 0.3 is 0 Å². The van der Waals surface area contributed by atoms with Crippen LogP contribution in [0.4, 0.5) is 0 Å². The molecule has 2 aliphatic heterocycles. The van der Waals surface area contributed by atoms with Gasteiger partial charge in [-0.3, -0.25) is 14.6 Å². The number of rotatable bonds is 0. The lowest BCUT2D eigenvalue weighted by Crippen LogP contribution is -2.64. The third-order valence-electron chi connectivity index (χ3n) is 4.58. The Balaban J connectivity index is 1.90. The highest BCUT2D eigenvalue weighted by atomic mass is 16.2. The van der Waals surface area contributed by atoms with E-state index in [2.05, 4.69) is 4.98 Å². The number of nitrogens with zero attached hydrogens (tertiary/aromatic N) is 2. The standard InChI is InChI=1S/C15H16N4O2/c1-8-14-10(9-4-2-3-5-11(9)17-14)6-12-15(21)18(16)7-13(20)19(8)12/h2-5,8,12,17H,6-7,16H2,1H3/t8-,12+/m0/s1. The normalized spacial score (nSPS) is 25.2. The van der Waals surface area contributed by atoms with Crippen LogP contribution in [0.15, 0.2) is 24.3 Å². The van der Waals surface area contributed by atoms with Gasteiger partial charge in [-0.05, 0) is 18.6 Å². The van der Waals surface area contributed by atoms with Crippen molar-refractivity contribution in [3.63, 3.8) is 0 Å². The van der Waals surface area contributed by atoms with Crippen molar-refractivity contribution < 1.29 is 9.59 Å². The third kappa shape index (κ3) is 1.56. The van der Waals surface area contributed by atoms with E-state index in [4.69, 9.17) is 5.84 Å². The van der Waals surface area contributed by atoms with Crippen LogP contribution in [-0.4, -0.2) is 39.3 Å². The Labute approximate surface area is 121 Å². The van der Waals surface area contributed by atoms with Crippen LogP contribution in [0.3, 0.4) is 0 Å². The van der Waals surface area contributed by atoms with E-state index in [1.807, 2.05) is 31.2 Å². The molecule has 4 rings (SSSR count). The van der Waals surface area contributed by atoms with Crippen molar-refractivity contribution in [2.24, 2.45) is 5.84 Å². The molecule has 108 valence electrons. The number of H-pyrrole nitrogens is 1. The highest BCUT2D eigenvalue weighted by molar-refractivity contribution is 5.96. The van der Waals surface area contributed by atoms with Crippen molar-refractivity contribution in [2.45, 2.75) is 25.4 Å². The highest BCUT2D eigenvalue weighted by Gasteiger charge is 2.45. The second-order valence-electron chi connectivity index (χ2n) is 5.73. The highest BCUT2D eigenvalue weighted by Crippen LogP contribution is 2.38. The van der Waals surface area contributed by atoms with Crippen LogP contribution in [0.2, 0.25) is 0 Å². The molecule has 0 unspecified atom stereocenters. The van der Waals surface area contributed by atoms with Gasteiger partial charge in [0.05, 0.1) is 6.04 Å². The van der Waals surface area contributed by atoms with E-state index in [1.165, 1.54) is 0 Å². The lowest BCUT2D eigenvalue weighted by atomic mass is 9.90. The first kappa shape index (κ1) is 12.4. The first-order valence-electron chi connectivity index (χ1n) is 7.04. The van der Waals surface area contributed by atoms with Crippen LogP contribution in [0.1, 0.15) is 24.2 Å². The molecule has 1 aromatic heterocycles. The topological polar surface area (TPSA) is 82.4 Å². The Morgan fingerprint density at radius 3 is 2.86 bits per heavy atom. The molecule has 6 nitrogen and oxygen atoms in total. The predicted octanol–water partition coefficient (Wildman–Crippen LogP) is 0.698. The molecule has 2 aromatic rings. The largest absolute Gasteiger partial charge is 0.356 e. The average molecular weight is 284 g/mol. The SMILES string of the molecule is C[C@H]1c2[nH]c3ccccc3c2C[C@@H]2C(=O)N(N)CC(=O)N21. The van der Waals surface area contributed by atoms with E-state index in [0.29, 0.717) is 6.42 Å². The zero-order valence-electron chi connectivity index (χ0n) is 11.7. The molecule has 0 bridgehead atoms. The van der Waals surface area contributed by atoms with Crippen LogP contribution < -0.4 is 5.84 Å². The first-order valence-corrected chi connectivity index (χ1v) is 7.04. The molecule has 3 N–H and O–H groups in total. The molecular formula is C15H16N4O2. The molecule has 0 spiro atoms. The van der Waals surface area contributed by atoms with E-state index >= 15 is 0 Å². The maximum atomic E-state index is 12.3. The van der Waals surface area contributed by atoms with Crippen molar-refractivity contribution in [1.29, 1.82) is 0 Å². The molecule has 21 heavy (non-hydrogen) atoms. The van der Waals surface area contributed by atoms with Crippen molar-refractivity contribution in [1.82, 2.24) is 14.9 Å². The van der Waals surface area contributed by atoms with E-state index in [1.54, 1.807) is 4.90 Å². The Bertz CT molecular complexity index is 766. The summed E-state index contributed by atoms with van der Waals surface area (Å²) in [5.74, 6) is 5.38. The molecule has 2 amide bonds. The molecule has 1 aromatic carbocycles. The van der Waals surface area contributed by atoms with Gasteiger partial charge in [0, 0.05) is 23.0 Å². The van der Waals surface area contributed by atoms with Crippen molar-refractivity contribution in [3.05, 3.63) is 35.5 Å². The molecule has 3 heterocycles. The Morgan fingerprint density at radius 1 is 1.29 bits per heavy atom. The molecule has 1 fully saturated rings. The van der Waals surface area contributed by atoms with Gasteiger partial charge in [-0.2, -0.15) is 0 Å². The van der Waals surface area contributed by atoms with Gasteiger partial charge in [-0.15, -0.1) is 0 Å². The number of hydrazine groups is 1. The Morgan fingerprint density at radius 2 is 2.05 bits per heavy atom. The maximum absolute atomic E-state index is 12.3. The molecule has 0 saturated carbocycles. The molecule has 2 aliphatic rings. The summed E-state index contributed by atoms with van der Waals surface area (Å²) in [6, 6.07) is 7.38. The van der Waals surface area contributed by atoms with Gasteiger partial charge in [0.1, 0.15) is 12.6 Å². The Kier molecular flexibility index (Phi) is 2.41. The van der Waals surface area contributed by atoms with Crippen LogP contribution in [-0.2, 0) is 16.0 Å². The summed E-state index contributed by atoms with van der Waals surface area (Å²) >= 11 is 0. The van der Waals surface area contributed by atoms with Gasteiger partial charge in [-0.1, -0.05) is 18.2 Å². The van der Waals surface area contributed by atoms with Gasteiger partial charge < -0.3 is 9.88 Å². The van der Waals surface area contributed by atoms with Crippen LogP contribution in [0.25, 0.3) is 10.9 Å². The number of carbonyl (C=O) groups is 2.